The summed E-state index contributed by atoms with van der Waals surface area (Å²) in [5.41, 5.74) is 0. The molecule has 3 heteroatoms. The van der Waals surface area contributed by atoms with Crippen molar-refractivity contribution in [1.29, 1.82) is 0 Å². The molecular weight excluding hydrogens is 222 g/mol. The van der Waals surface area contributed by atoms with Gasteiger partial charge < -0.3 is 10.2 Å². The van der Waals surface area contributed by atoms with Crippen molar-refractivity contribution in [2.45, 2.75) is 39.2 Å². The van der Waals surface area contributed by atoms with Crippen LogP contribution in [-0.2, 0) is 0 Å². The summed E-state index contributed by atoms with van der Waals surface area (Å²) < 4.78 is 0. The highest BCUT2D eigenvalue weighted by atomic mass is 15.3. The molecule has 18 heavy (non-hydrogen) atoms. The molecule has 0 aromatic heterocycles. The van der Waals surface area contributed by atoms with Gasteiger partial charge in [0.25, 0.3) is 0 Å². The fourth-order valence-corrected chi connectivity index (χ4v) is 3.07. The number of nitrogens with one attached hydrogen (secondary N) is 1. The van der Waals surface area contributed by atoms with Crippen LogP contribution in [0.3, 0.4) is 0 Å². The number of nitrogens with zero attached hydrogens (tertiary/aromatic N) is 2. The Morgan fingerprint density at radius 1 is 1.11 bits per heavy atom. The smallest absolute Gasteiger partial charge is 0.0244 e. The molecule has 0 radical (unpaired) electrons. The molecule has 1 atom stereocenters. The van der Waals surface area contributed by atoms with Crippen LogP contribution < -0.4 is 5.32 Å². The Kier molecular flexibility index (Phi) is 5.46. The van der Waals surface area contributed by atoms with Crippen LogP contribution >= 0.6 is 0 Å². The zero-order valence-corrected chi connectivity index (χ0v) is 12.5. The van der Waals surface area contributed by atoms with Crippen molar-refractivity contribution in [3.63, 3.8) is 0 Å². The molecule has 0 amide bonds. The van der Waals surface area contributed by atoms with Crippen LogP contribution in [0, 0.1) is 11.8 Å². The summed E-state index contributed by atoms with van der Waals surface area (Å²) in [6.07, 6.45) is 4.36. The van der Waals surface area contributed by atoms with Gasteiger partial charge in [-0.1, -0.05) is 20.3 Å². The fraction of sp³-hybridized carbons (Fsp3) is 1.00. The van der Waals surface area contributed by atoms with Crippen molar-refractivity contribution in [1.82, 2.24) is 15.1 Å². The molecule has 0 spiro atoms. The highest BCUT2D eigenvalue weighted by molar-refractivity contribution is 4.82. The summed E-state index contributed by atoms with van der Waals surface area (Å²) in [5.74, 6) is 1.73. The van der Waals surface area contributed by atoms with Gasteiger partial charge in [0.05, 0.1) is 0 Å². The van der Waals surface area contributed by atoms with E-state index in [9.17, 15) is 0 Å². The third-order valence-electron chi connectivity index (χ3n) is 4.79. The second-order valence-corrected chi connectivity index (χ2v) is 6.61. The molecule has 1 unspecified atom stereocenters. The number of hydrogen-bond donors (Lipinski definition) is 1. The highest BCUT2D eigenvalue weighted by Gasteiger charge is 2.25. The predicted octanol–water partition coefficient (Wildman–Crippen LogP) is 1.65. The van der Waals surface area contributed by atoms with E-state index in [2.05, 4.69) is 36.0 Å². The second-order valence-electron chi connectivity index (χ2n) is 6.61. The first-order valence-corrected chi connectivity index (χ1v) is 7.80. The Bertz CT molecular complexity index is 230. The molecule has 2 fully saturated rings. The van der Waals surface area contributed by atoms with Gasteiger partial charge in [0.2, 0.25) is 0 Å². The SMILES string of the molecule is CC(C)C(CNCC1CCC1)N1CCN(C)CC1. The maximum atomic E-state index is 3.72. The van der Waals surface area contributed by atoms with Gasteiger partial charge in [-0.15, -0.1) is 0 Å². The van der Waals surface area contributed by atoms with E-state index in [1.165, 1.54) is 58.5 Å². The third kappa shape index (κ3) is 3.94. The molecule has 1 heterocycles. The van der Waals surface area contributed by atoms with E-state index in [1.54, 1.807) is 0 Å². The number of piperazine rings is 1. The largest absolute Gasteiger partial charge is 0.315 e. The first-order valence-electron chi connectivity index (χ1n) is 7.80. The lowest BCUT2D eigenvalue weighted by molar-refractivity contribution is 0.0863. The fourth-order valence-electron chi connectivity index (χ4n) is 3.07. The van der Waals surface area contributed by atoms with Crippen LogP contribution in [0.2, 0.25) is 0 Å². The lowest BCUT2D eigenvalue weighted by Gasteiger charge is -2.40. The van der Waals surface area contributed by atoms with E-state index in [0.717, 1.165) is 17.9 Å². The molecule has 3 nitrogen and oxygen atoms in total. The molecule has 0 aromatic carbocycles. The quantitative estimate of drug-likeness (QED) is 0.776. The number of likely N-dealkylation sites (N-methyl/N-ethyl adjacent to an activating group) is 1. The molecule has 1 saturated carbocycles. The summed E-state index contributed by atoms with van der Waals surface area (Å²) in [4.78, 5) is 5.13. The molecule has 1 aliphatic heterocycles. The van der Waals surface area contributed by atoms with Crippen LogP contribution in [0.1, 0.15) is 33.1 Å². The average molecular weight is 253 g/mol. The number of rotatable bonds is 6. The molecule has 1 N–H and O–H groups in total. The Hall–Kier alpha value is -0.120. The van der Waals surface area contributed by atoms with Crippen molar-refractivity contribution in [3.05, 3.63) is 0 Å². The lowest BCUT2D eigenvalue weighted by atomic mass is 9.85. The number of hydrogen-bond acceptors (Lipinski definition) is 3. The monoisotopic (exact) mass is 253 g/mol. The predicted molar refractivity (Wildman–Crippen MR) is 77.9 cm³/mol. The van der Waals surface area contributed by atoms with Crippen LogP contribution in [0.15, 0.2) is 0 Å². The van der Waals surface area contributed by atoms with Crippen LogP contribution in [-0.4, -0.2) is 62.2 Å². The van der Waals surface area contributed by atoms with Gasteiger partial charge in [0, 0.05) is 38.8 Å². The molecule has 0 bridgehead atoms. The Morgan fingerprint density at radius 2 is 1.78 bits per heavy atom. The molecular formula is C15H31N3. The van der Waals surface area contributed by atoms with Crippen LogP contribution in [0.5, 0.6) is 0 Å². The molecule has 2 aliphatic rings. The Morgan fingerprint density at radius 3 is 2.28 bits per heavy atom. The Balaban J connectivity index is 1.72. The normalized spacial score (nSPS) is 25.3. The van der Waals surface area contributed by atoms with Gasteiger partial charge in [-0.2, -0.15) is 0 Å². The minimum absolute atomic E-state index is 0.721. The molecule has 1 aliphatic carbocycles. The van der Waals surface area contributed by atoms with Gasteiger partial charge >= 0.3 is 0 Å². The van der Waals surface area contributed by atoms with Crippen molar-refractivity contribution in [2.75, 3.05) is 46.3 Å². The zero-order valence-electron chi connectivity index (χ0n) is 12.5. The standard InChI is InChI=1S/C15H31N3/c1-13(2)15(12-16-11-14-5-4-6-14)18-9-7-17(3)8-10-18/h13-16H,4-12H2,1-3H3. The minimum Gasteiger partial charge on any atom is -0.315 e. The zero-order chi connectivity index (χ0) is 13.0. The summed E-state index contributed by atoms with van der Waals surface area (Å²) in [6.45, 7) is 12.1. The summed E-state index contributed by atoms with van der Waals surface area (Å²) in [5, 5.41) is 3.72. The topological polar surface area (TPSA) is 18.5 Å². The van der Waals surface area contributed by atoms with Gasteiger partial charge in [-0.25, -0.2) is 0 Å². The van der Waals surface area contributed by atoms with E-state index in [1.807, 2.05) is 0 Å². The van der Waals surface area contributed by atoms with E-state index in [-0.39, 0.29) is 0 Å². The first kappa shape index (κ1) is 14.3. The second kappa shape index (κ2) is 6.88. The summed E-state index contributed by atoms with van der Waals surface area (Å²) >= 11 is 0. The van der Waals surface area contributed by atoms with Gasteiger partial charge in [0.1, 0.15) is 0 Å². The van der Waals surface area contributed by atoms with Gasteiger partial charge in [0.15, 0.2) is 0 Å². The first-order chi connectivity index (χ1) is 8.66. The van der Waals surface area contributed by atoms with Crippen molar-refractivity contribution in [3.8, 4) is 0 Å². The molecule has 0 aromatic rings. The minimum atomic E-state index is 0.721. The van der Waals surface area contributed by atoms with E-state index in [4.69, 9.17) is 0 Å². The molecule has 106 valence electrons. The van der Waals surface area contributed by atoms with Crippen LogP contribution in [0.4, 0.5) is 0 Å². The van der Waals surface area contributed by atoms with Gasteiger partial charge in [-0.05, 0) is 38.3 Å². The average Bonchev–Trinajstić information content (AvgIpc) is 2.28. The summed E-state index contributed by atoms with van der Waals surface area (Å²) in [6, 6.07) is 0.721. The van der Waals surface area contributed by atoms with Crippen molar-refractivity contribution >= 4 is 0 Å². The molecule has 2 rings (SSSR count). The maximum Gasteiger partial charge on any atom is 0.0244 e. The van der Waals surface area contributed by atoms with Crippen LogP contribution in [0.25, 0.3) is 0 Å². The lowest BCUT2D eigenvalue weighted by Crippen LogP contribution is -2.54. The Labute approximate surface area is 113 Å². The third-order valence-corrected chi connectivity index (χ3v) is 4.79. The van der Waals surface area contributed by atoms with Crippen molar-refractivity contribution < 1.29 is 0 Å². The van der Waals surface area contributed by atoms with E-state index in [0.29, 0.717) is 0 Å². The van der Waals surface area contributed by atoms with Crippen molar-refractivity contribution in [2.24, 2.45) is 11.8 Å². The van der Waals surface area contributed by atoms with E-state index < -0.39 is 0 Å². The van der Waals surface area contributed by atoms with Gasteiger partial charge in [-0.3, -0.25) is 4.90 Å². The summed E-state index contributed by atoms with van der Waals surface area (Å²) in [7, 11) is 2.23. The maximum absolute atomic E-state index is 3.72. The van der Waals surface area contributed by atoms with E-state index >= 15 is 0 Å². The highest BCUT2D eigenvalue weighted by Crippen LogP contribution is 2.25. The molecule has 1 saturated heterocycles.